The van der Waals surface area contributed by atoms with Gasteiger partial charge in [-0.25, -0.2) is 4.79 Å². The maximum Gasteiger partial charge on any atom is 0.349 e. The van der Waals surface area contributed by atoms with Crippen molar-refractivity contribution in [2.45, 2.75) is 33.7 Å². The zero-order valence-corrected chi connectivity index (χ0v) is 14.1. The molecular weight excluding hydrogens is 298 g/mol. The number of aryl methyl sites for hydroxylation is 1. The second kappa shape index (κ2) is 6.92. The highest BCUT2D eigenvalue weighted by Crippen LogP contribution is 2.30. The normalized spacial score (nSPS) is 12.4. The van der Waals surface area contributed by atoms with Gasteiger partial charge >= 0.3 is 5.97 Å². The van der Waals surface area contributed by atoms with Crippen LogP contribution in [0.3, 0.4) is 0 Å². The van der Waals surface area contributed by atoms with Crippen LogP contribution >= 0.6 is 11.3 Å². The van der Waals surface area contributed by atoms with Gasteiger partial charge in [0.25, 0.3) is 5.91 Å². The van der Waals surface area contributed by atoms with Gasteiger partial charge in [-0.3, -0.25) is 4.79 Å². The van der Waals surface area contributed by atoms with Crippen molar-refractivity contribution in [1.82, 2.24) is 5.32 Å². The Labute approximate surface area is 134 Å². The molecule has 1 aromatic heterocycles. The predicted molar refractivity (Wildman–Crippen MR) is 89.3 cm³/mol. The molecule has 1 aromatic carbocycles. The topological polar surface area (TPSA) is 55.4 Å². The molecule has 2 rings (SSSR count). The molecule has 5 heteroatoms. The van der Waals surface area contributed by atoms with Crippen molar-refractivity contribution in [1.29, 1.82) is 0 Å². The maximum atomic E-state index is 12.2. The van der Waals surface area contributed by atoms with Crippen LogP contribution in [-0.4, -0.2) is 24.5 Å². The molecule has 118 valence electrons. The number of carbonyl (C=O) groups is 2. The quantitative estimate of drug-likeness (QED) is 0.858. The molecule has 1 heterocycles. The van der Waals surface area contributed by atoms with Gasteiger partial charge in [0.15, 0.2) is 6.61 Å². The first-order valence-corrected chi connectivity index (χ1v) is 8.16. The van der Waals surface area contributed by atoms with Crippen LogP contribution in [-0.2, 0) is 9.53 Å². The Morgan fingerprint density at radius 1 is 1.23 bits per heavy atom. The molecule has 0 aliphatic carbocycles. The molecule has 4 nitrogen and oxygen atoms in total. The van der Waals surface area contributed by atoms with Crippen LogP contribution in [0.5, 0.6) is 0 Å². The van der Waals surface area contributed by atoms with Crippen molar-refractivity contribution in [3.63, 3.8) is 0 Å². The number of benzene rings is 1. The van der Waals surface area contributed by atoms with E-state index in [0.29, 0.717) is 10.8 Å². The zero-order chi connectivity index (χ0) is 16.3. The molecule has 0 radical (unpaired) electrons. The first-order chi connectivity index (χ1) is 10.4. The fraction of sp³-hybridized carbons (Fsp3) is 0.412. The average molecular weight is 319 g/mol. The number of fused-ring (bicyclic) bond motifs is 1. The number of hydrogen-bond donors (Lipinski definition) is 1. The summed E-state index contributed by atoms with van der Waals surface area (Å²) in [5.74, 6) is -0.371. The molecule has 0 spiro atoms. The summed E-state index contributed by atoms with van der Waals surface area (Å²) in [6.45, 7) is 7.63. The monoisotopic (exact) mass is 319 g/mol. The van der Waals surface area contributed by atoms with E-state index in [9.17, 15) is 9.59 Å². The summed E-state index contributed by atoms with van der Waals surface area (Å²) in [6.07, 6.45) is 0. The molecule has 0 saturated carbocycles. The largest absolute Gasteiger partial charge is 0.451 e. The van der Waals surface area contributed by atoms with E-state index in [1.807, 2.05) is 52.0 Å². The lowest BCUT2D eigenvalue weighted by Gasteiger charge is -2.17. The summed E-state index contributed by atoms with van der Waals surface area (Å²) in [7, 11) is 0. The van der Waals surface area contributed by atoms with E-state index in [-0.39, 0.29) is 18.6 Å². The highest BCUT2D eigenvalue weighted by Gasteiger charge is 2.18. The Morgan fingerprint density at radius 3 is 2.55 bits per heavy atom. The first-order valence-electron chi connectivity index (χ1n) is 7.34. The Morgan fingerprint density at radius 2 is 1.91 bits per heavy atom. The lowest BCUT2D eigenvalue weighted by atomic mass is 10.1. The van der Waals surface area contributed by atoms with Crippen molar-refractivity contribution in [3.8, 4) is 0 Å². The smallest absolute Gasteiger partial charge is 0.349 e. The highest BCUT2D eigenvalue weighted by molar-refractivity contribution is 7.21. The van der Waals surface area contributed by atoms with E-state index < -0.39 is 5.97 Å². The molecule has 1 amide bonds. The first kappa shape index (κ1) is 16.5. The molecule has 0 bridgehead atoms. The van der Waals surface area contributed by atoms with E-state index in [1.54, 1.807) is 0 Å². The molecule has 0 unspecified atom stereocenters. The van der Waals surface area contributed by atoms with Crippen molar-refractivity contribution < 1.29 is 14.3 Å². The number of carbonyl (C=O) groups excluding carboxylic acids is 2. The second-order valence-corrected chi connectivity index (χ2v) is 6.78. The lowest BCUT2D eigenvalue weighted by Crippen LogP contribution is -2.38. The molecule has 0 aliphatic rings. The van der Waals surface area contributed by atoms with E-state index in [0.717, 1.165) is 15.6 Å². The van der Waals surface area contributed by atoms with Gasteiger partial charge in [0.1, 0.15) is 4.88 Å². The van der Waals surface area contributed by atoms with Crippen LogP contribution in [0.4, 0.5) is 0 Å². The lowest BCUT2D eigenvalue weighted by molar-refractivity contribution is -0.125. The van der Waals surface area contributed by atoms with Gasteiger partial charge in [0.2, 0.25) is 0 Å². The second-order valence-electron chi connectivity index (χ2n) is 5.73. The highest BCUT2D eigenvalue weighted by atomic mass is 32.1. The van der Waals surface area contributed by atoms with Crippen molar-refractivity contribution in [2.24, 2.45) is 5.92 Å². The van der Waals surface area contributed by atoms with Crippen LogP contribution in [0.2, 0.25) is 0 Å². The third kappa shape index (κ3) is 3.65. The minimum absolute atomic E-state index is 0.0530. The van der Waals surface area contributed by atoms with Crippen LogP contribution in [0.15, 0.2) is 24.3 Å². The molecule has 0 saturated heterocycles. The minimum atomic E-state index is -0.439. The Bertz CT molecular complexity index is 690. The van der Waals surface area contributed by atoms with Crippen LogP contribution in [0.1, 0.15) is 36.0 Å². The fourth-order valence-electron chi connectivity index (χ4n) is 2.03. The van der Waals surface area contributed by atoms with Crippen LogP contribution in [0.25, 0.3) is 10.1 Å². The van der Waals surface area contributed by atoms with Gasteiger partial charge < -0.3 is 10.1 Å². The molecule has 0 aliphatic heterocycles. The molecule has 1 atom stereocenters. The standard InChI is InChI=1S/C17H21NO3S/c1-10(2)12(4)18-15(19)9-21-17(20)16-11(3)13-7-5-6-8-14(13)22-16/h5-8,10,12H,9H2,1-4H3,(H,18,19)/t12-/m0/s1. The number of esters is 1. The van der Waals surface area contributed by atoms with E-state index in [4.69, 9.17) is 4.74 Å². The summed E-state index contributed by atoms with van der Waals surface area (Å²) >= 11 is 1.40. The average Bonchev–Trinajstić information content (AvgIpc) is 2.82. The van der Waals surface area contributed by atoms with Crippen molar-refractivity contribution in [3.05, 3.63) is 34.7 Å². The third-order valence-corrected chi connectivity index (χ3v) is 5.00. The van der Waals surface area contributed by atoms with Crippen molar-refractivity contribution in [2.75, 3.05) is 6.61 Å². The summed E-state index contributed by atoms with van der Waals surface area (Å²) in [4.78, 5) is 24.5. The zero-order valence-electron chi connectivity index (χ0n) is 13.3. The number of hydrogen-bond acceptors (Lipinski definition) is 4. The summed E-state index contributed by atoms with van der Waals surface area (Å²) < 4.78 is 6.19. The fourth-order valence-corrected chi connectivity index (χ4v) is 3.13. The van der Waals surface area contributed by atoms with Gasteiger partial charge in [0.05, 0.1) is 0 Å². The molecular formula is C17H21NO3S. The Kier molecular flexibility index (Phi) is 5.19. The summed E-state index contributed by atoms with van der Waals surface area (Å²) in [6, 6.07) is 7.89. The summed E-state index contributed by atoms with van der Waals surface area (Å²) in [5.41, 5.74) is 0.904. The molecule has 1 N–H and O–H groups in total. The number of nitrogens with one attached hydrogen (secondary N) is 1. The van der Waals surface area contributed by atoms with Crippen LogP contribution < -0.4 is 5.32 Å². The third-order valence-electron chi connectivity index (χ3n) is 3.75. The van der Waals surface area contributed by atoms with Crippen LogP contribution in [0, 0.1) is 12.8 Å². The molecule has 2 aromatic rings. The molecule has 22 heavy (non-hydrogen) atoms. The Balaban J connectivity index is 2.00. The number of thiophene rings is 1. The molecule has 0 fully saturated rings. The van der Waals surface area contributed by atoms with E-state index >= 15 is 0 Å². The maximum absolute atomic E-state index is 12.2. The number of ether oxygens (including phenoxy) is 1. The number of rotatable bonds is 5. The van der Waals surface area contributed by atoms with Gasteiger partial charge in [-0.1, -0.05) is 32.0 Å². The van der Waals surface area contributed by atoms with E-state index in [2.05, 4.69) is 5.32 Å². The SMILES string of the molecule is Cc1c(C(=O)OCC(=O)N[C@@H](C)C(C)C)sc2ccccc12. The predicted octanol–water partition coefficient (Wildman–Crippen LogP) is 3.53. The summed E-state index contributed by atoms with van der Waals surface area (Å²) in [5, 5.41) is 3.87. The van der Waals surface area contributed by atoms with Gasteiger partial charge in [-0.15, -0.1) is 11.3 Å². The van der Waals surface area contributed by atoms with E-state index in [1.165, 1.54) is 11.3 Å². The van der Waals surface area contributed by atoms with Gasteiger partial charge in [-0.05, 0) is 36.8 Å². The minimum Gasteiger partial charge on any atom is -0.451 e. The van der Waals surface area contributed by atoms with Gasteiger partial charge in [-0.2, -0.15) is 0 Å². The number of amides is 1. The van der Waals surface area contributed by atoms with Gasteiger partial charge in [0, 0.05) is 10.7 Å². The van der Waals surface area contributed by atoms with Crippen molar-refractivity contribution >= 4 is 33.3 Å². The Hall–Kier alpha value is -1.88.